The molecule has 1 aliphatic rings. The number of aromatic nitrogens is 2. The number of nitrogens with zero attached hydrogens (tertiary/aromatic N) is 4. The van der Waals surface area contributed by atoms with E-state index >= 15 is 0 Å². The van der Waals surface area contributed by atoms with Gasteiger partial charge in [0.05, 0.1) is 22.6 Å². The highest BCUT2D eigenvalue weighted by atomic mass is 16.2. The van der Waals surface area contributed by atoms with Gasteiger partial charge in [-0.2, -0.15) is 0 Å². The van der Waals surface area contributed by atoms with Gasteiger partial charge in [0.25, 0.3) is 5.56 Å². The lowest BCUT2D eigenvalue weighted by Gasteiger charge is -2.36. The number of aryl methyl sites for hydroxylation is 1. The Kier molecular flexibility index (Phi) is 6.94. The number of hydrogen-bond acceptors (Lipinski definition) is 4. The van der Waals surface area contributed by atoms with Crippen molar-refractivity contribution in [2.75, 3.05) is 27.2 Å². The maximum Gasteiger partial charge on any atom is 0.266 e. The number of carbonyl (C=O) groups excluding carboxylic acids is 1. The second kappa shape index (κ2) is 9.87. The van der Waals surface area contributed by atoms with Gasteiger partial charge in [-0.15, -0.1) is 0 Å². The van der Waals surface area contributed by atoms with Crippen molar-refractivity contribution in [1.29, 1.82) is 0 Å². The zero-order valence-corrected chi connectivity index (χ0v) is 20.1. The predicted molar refractivity (Wildman–Crippen MR) is 133 cm³/mol. The van der Waals surface area contributed by atoms with E-state index in [1.165, 1.54) is 5.56 Å². The number of carbonyl (C=O) groups is 1. The van der Waals surface area contributed by atoms with Crippen LogP contribution >= 0.6 is 0 Å². The fourth-order valence-electron chi connectivity index (χ4n) is 4.39. The average molecular weight is 447 g/mol. The van der Waals surface area contributed by atoms with Gasteiger partial charge in [-0.3, -0.25) is 14.2 Å². The van der Waals surface area contributed by atoms with Gasteiger partial charge in [0.1, 0.15) is 5.82 Å². The van der Waals surface area contributed by atoms with Gasteiger partial charge in [0, 0.05) is 19.0 Å². The van der Waals surface area contributed by atoms with Crippen LogP contribution in [0.2, 0.25) is 0 Å². The van der Waals surface area contributed by atoms with Gasteiger partial charge in [0.15, 0.2) is 0 Å². The van der Waals surface area contributed by atoms with Crippen LogP contribution in [0.15, 0.2) is 53.3 Å². The largest absolute Gasteiger partial charge is 0.331 e. The second-order valence-electron chi connectivity index (χ2n) is 9.29. The van der Waals surface area contributed by atoms with Crippen molar-refractivity contribution in [3.8, 4) is 5.69 Å². The van der Waals surface area contributed by atoms with Crippen molar-refractivity contribution >= 4 is 16.8 Å². The van der Waals surface area contributed by atoms with Gasteiger partial charge in [-0.05, 0) is 70.1 Å². The summed E-state index contributed by atoms with van der Waals surface area (Å²) in [6.45, 7) is 5.47. The first kappa shape index (κ1) is 23.2. The Morgan fingerprint density at radius 3 is 2.39 bits per heavy atom. The van der Waals surface area contributed by atoms with E-state index < -0.39 is 0 Å². The Bertz CT molecular complexity index is 1180. The minimum atomic E-state index is -0.332. The Labute approximate surface area is 195 Å². The normalized spacial score (nSPS) is 14.9. The molecule has 1 heterocycles. The van der Waals surface area contributed by atoms with Crippen molar-refractivity contribution in [3.63, 3.8) is 0 Å². The molecular formula is C27H34N4O2. The molecule has 4 rings (SSSR count). The van der Waals surface area contributed by atoms with Crippen LogP contribution in [0, 0.1) is 5.92 Å². The predicted octanol–water partition coefficient (Wildman–Crippen LogP) is 4.20. The van der Waals surface area contributed by atoms with E-state index in [0.717, 1.165) is 37.9 Å². The van der Waals surface area contributed by atoms with E-state index in [9.17, 15) is 9.59 Å². The minimum absolute atomic E-state index is 0.0825. The van der Waals surface area contributed by atoms with Crippen LogP contribution in [-0.4, -0.2) is 52.4 Å². The second-order valence-corrected chi connectivity index (χ2v) is 9.29. The number of fused-ring (bicyclic) bond motifs is 1. The molecule has 33 heavy (non-hydrogen) atoms. The number of amides is 1. The Balaban J connectivity index is 1.85. The Morgan fingerprint density at radius 2 is 1.79 bits per heavy atom. The molecule has 0 spiro atoms. The molecular weight excluding hydrogens is 412 g/mol. The highest BCUT2D eigenvalue weighted by molar-refractivity contribution is 5.80. The maximum absolute atomic E-state index is 13.7. The molecule has 3 aromatic rings. The molecule has 1 fully saturated rings. The highest BCUT2D eigenvalue weighted by Gasteiger charge is 2.34. The fourth-order valence-corrected chi connectivity index (χ4v) is 4.39. The van der Waals surface area contributed by atoms with Gasteiger partial charge >= 0.3 is 0 Å². The molecule has 0 saturated heterocycles. The topological polar surface area (TPSA) is 58.4 Å². The Hall–Kier alpha value is -2.99. The van der Waals surface area contributed by atoms with E-state index in [2.05, 4.69) is 24.0 Å². The number of benzene rings is 2. The summed E-state index contributed by atoms with van der Waals surface area (Å²) < 4.78 is 1.70. The van der Waals surface area contributed by atoms with Crippen LogP contribution in [0.1, 0.15) is 50.5 Å². The SMILES string of the molecule is CCc1ccc(-n2c(C(C)N(CCN(C)C)C(=O)C3CCC3)nc3ccccc3c2=O)cc1. The van der Waals surface area contributed by atoms with Gasteiger partial charge in [0.2, 0.25) is 5.91 Å². The van der Waals surface area contributed by atoms with Gasteiger partial charge in [-0.25, -0.2) is 4.98 Å². The summed E-state index contributed by atoms with van der Waals surface area (Å²) in [4.78, 5) is 36.1. The molecule has 0 radical (unpaired) electrons. The van der Waals surface area contributed by atoms with Crippen LogP contribution in [0.5, 0.6) is 0 Å². The minimum Gasteiger partial charge on any atom is -0.331 e. The Morgan fingerprint density at radius 1 is 1.09 bits per heavy atom. The average Bonchev–Trinajstić information content (AvgIpc) is 2.78. The number of rotatable bonds is 8. The quantitative estimate of drug-likeness (QED) is 0.520. The summed E-state index contributed by atoms with van der Waals surface area (Å²) in [5.41, 5.74) is 2.55. The first-order valence-electron chi connectivity index (χ1n) is 12.0. The smallest absolute Gasteiger partial charge is 0.266 e. The third-order valence-electron chi connectivity index (χ3n) is 6.77. The van der Waals surface area contributed by atoms with Crippen LogP contribution in [0.4, 0.5) is 0 Å². The van der Waals surface area contributed by atoms with Crippen LogP contribution < -0.4 is 5.56 Å². The molecule has 1 atom stereocenters. The lowest BCUT2D eigenvalue weighted by Crippen LogP contribution is -2.45. The van der Waals surface area contributed by atoms with E-state index in [-0.39, 0.29) is 23.4 Å². The van der Waals surface area contributed by atoms with Crippen molar-refractivity contribution < 1.29 is 4.79 Å². The molecule has 1 amide bonds. The third-order valence-corrected chi connectivity index (χ3v) is 6.77. The summed E-state index contributed by atoms with van der Waals surface area (Å²) in [5.74, 6) is 0.861. The number of para-hydroxylation sites is 1. The van der Waals surface area contributed by atoms with Gasteiger partial charge in [-0.1, -0.05) is 37.6 Å². The molecule has 0 N–H and O–H groups in total. The highest BCUT2D eigenvalue weighted by Crippen LogP contribution is 2.32. The van der Waals surface area contributed by atoms with Crippen molar-refractivity contribution in [1.82, 2.24) is 19.4 Å². The molecule has 174 valence electrons. The molecule has 1 aliphatic carbocycles. The molecule has 0 bridgehead atoms. The lowest BCUT2D eigenvalue weighted by atomic mass is 9.84. The lowest BCUT2D eigenvalue weighted by molar-refractivity contribution is -0.140. The monoisotopic (exact) mass is 446 g/mol. The summed E-state index contributed by atoms with van der Waals surface area (Å²) in [6, 6.07) is 15.2. The first-order valence-corrected chi connectivity index (χ1v) is 12.0. The summed E-state index contributed by atoms with van der Waals surface area (Å²) in [6.07, 6.45) is 3.93. The molecule has 6 nitrogen and oxygen atoms in total. The zero-order valence-electron chi connectivity index (χ0n) is 20.1. The molecule has 6 heteroatoms. The standard InChI is InChI=1S/C27H34N4O2/c1-5-20-13-15-22(16-14-20)31-25(28-24-12-7-6-11-23(24)27(31)33)19(2)30(18-17-29(3)4)26(32)21-9-8-10-21/h6-7,11-16,19,21H,5,8-10,17-18H2,1-4H3. The summed E-state index contributed by atoms with van der Waals surface area (Å²) in [5, 5.41) is 0.582. The molecule has 2 aromatic carbocycles. The van der Waals surface area contributed by atoms with E-state index in [1.54, 1.807) is 4.57 Å². The molecule has 1 unspecified atom stereocenters. The van der Waals surface area contributed by atoms with Crippen LogP contribution in [0.3, 0.4) is 0 Å². The molecule has 0 aliphatic heterocycles. The number of likely N-dealkylation sites (N-methyl/N-ethyl adjacent to an activating group) is 1. The first-order chi connectivity index (χ1) is 15.9. The van der Waals surface area contributed by atoms with Crippen molar-refractivity contribution in [2.45, 2.75) is 45.6 Å². The van der Waals surface area contributed by atoms with E-state index in [0.29, 0.717) is 23.3 Å². The van der Waals surface area contributed by atoms with Gasteiger partial charge < -0.3 is 9.80 Å². The molecule has 1 saturated carbocycles. The van der Waals surface area contributed by atoms with Crippen LogP contribution in [-0.2, 0) is 11.2 Å². The maximum atomic E-state index is 13.7. The van der Waals surface area contributed by atoms with Crippen molar-refractivity contribution in [3.05, 3.63) is 70.3 Å². The third kappa shape index (κ3) is 4.71. The molecule has 1 aromatic heterocycles. The van der Waals surface area contributed by atoms with Crippen molar-refractivity contribution in [2.24, 2.45) is 5.92 Å². The summed E-state index contributed by atoms with van der Waals surface area (Å²) >= 11 is 0. The van der Waals surface area contributed by atoms with E-state index in [4.69, 9.17) is 4.98 Å². The summed E-state index contributed by atoms with van der Waals surface area (Å²) in [7, 11) is 4.02. The zero-order chi connectivity index (χ0) is 23.5. The van der Waals surface area contributed by atoms with E-state index in [1.807, 2.05) is 62.3 Å². The fraction of sp³-hybridized carbons (Fsp3) is 0.444. The van der Waals surface area contributed by atoms with Crippen LogP contribution in [0.25, 0.3) is 16.6 Å². The number of hydrogen-bond donors (Lipinski definition) is 0.